The van der Waals surface area contributed by atoms with Crippen LogP contribution in [0.2, 0.25) is 0 Å². The van der Waals surface area contributed by atoms with Crippen LogP contribution in [0.3, 0.4) is 0 Å². The van der Waals surface area contributed by atoms with Gasteiger partial charge in [-0.05, 0) is 12.3 Å². The number of amides is 2. The minimum atomic E-state index is -0.415. The molecule has 2 amide bonds. The molecule has 1 saturated heterocycles. The molecular formula is C12H22N2O3. The number of nitrogens with zero attached hydrogens (tertiary/aromatic N) is 1. The Labute approximate surface area is 102 Å². The predicted molar refractivity (Wildman–Crippen MR) is 64.3 cm³/mol. The Bertz CT molecular complexity index is 280. The van der Waals surface area contributed by atoms with Crippen LogP contribution in [-0.4, -0.2) is 47.6 Å². The Morgan fingerprint density at radius 3 is 2.35 bits per heavy atom. The minimum absolute atomic E-state index is 0.0925. The zero-order valence-electron chi connectivity index (χ0n) is 10.8. The highest BCUT2D eigenvalue weighted by molar-refractivity contribution is 5.98. The van der Waals surface area contributed by atoms with E-state index >= 15 is 0 Å². The number of aliphatic hydroxyl groups is 1. The first-order chi connectivity index (χ1) is 7.82. The lowest BCUT2D eigenvalue weighted by Gasteiger charge is -2.34. The van der Waals surface area contributed by atoms with Crippen molar-refractivity contribution in [1.82, 2.24) is 10.2 Å². The van der Waals surface area contributed by atoms with Crippen LogP contribution in [-0.2, 0) is 9.59 Å². The van der Waals surface area contributed by atoms with E-state index in [0.717, 1.165) is 0 Å². The highest BCUT2D eigenvalue weighted by Crippen LogP contribution is 2.31. The Morgan fingerprint density at radius 2 is 1.88 bits per heavy atom. The molecule has 1 aliphatic heterocycles. The molecule has 1 fully saturated rings. The molecule has 0 saturated carbocycles. The number of hydrogen-bond donors (Lipinski definition) is 2. The van der Waals surface area contributed by atoms with Crippen molar-refractivity contribution >= 4 is 11.8 Å². The molecule has 1 aliphatic rings. The Balaban J connectivity index is 2.39. The van der Waals surface area contributed by atoms with E-state index in [9.17, 15) is 9.59 Å². The van der Waals surface area contributed by atoms with Gasteiger partial charge in [-0.3, -0.25) is 14.5 Å². The van der Waals surface area contributed by atoms with Gasteiger partial charge in [-0.25, -0.2) is 0 Å². The number of imide groups is 1. The molecule has 0 aliphatic carbocycles. The second kappa shape index (κ2) is 5.60. The van der Waals surface area contributed by atoms with E-state index in [2.05, 4.69) is 5.32 Å². The lowest BCUT2D eigenvalue weighted by atomic mass is 9.82. The molecule has 1 unspecified atom stereocenters. The molecule has 17 heavy (non-hydrogen) atoms. The van der Waals surface area contributed by atoms with E-state index in [1.54, 1.807) is 6.92 Å². The van der Waals surface area contributed by atoms with E-state index in [4.69, 9.17) is 5.11 Å². The molecule has 98 valence electrons. The summed E-state index contributed by atoms with van der Waals surface area (Å²) in [5.74, 6) is -0.185. The van der Waals surface area contributed by atoms with Gasteiger partial charge in [-0.2, -0.15) is 0 Å². The molecule has 1 rings (SSSR count). The van der Waals surface area contributed by atoms with Crippen LogP contribution in [0.25, 0.3) is 0 Å². The molecular weight excluding hydrogens is 220 g/mol. The number of aliphatic hydroxyl groups excluding tert-OH is 1. The monoisotopic (exact) mass is 242 g/mol. The summed E-state index contributed by atoms with van der Waals surface area (Å²) in [7, 11) is 0. The van der Waals surface area contributed by atoms with Crippen molar-refractivity contribution < 1.29 is 14.7 Å². The van der Waals surface area contributed by atoms with Crippen molar-refractivity contribution in [3.63, 3.8) is 0 Å². The third-order valence-electron chi connectivity index (χ3n) is 2.81. The fraction of sp³-hybridized carbons (Fsp3) is 0.833. The van der Waals surface area contributed by atoms with Crippen LogP contribution in [0.4, 0.5) is 0 Å². The van der Waals surface area contributed by atoms with Gasteiger partial charge in [0.25, 0.3) is 0 Å². The smallest absolute Gasteiger partial charge is 0.229 e. The third-order valence-corrected chi connectivity index (χ3v) is 2.81. The van der Waals surface area contributed by atoms with Gasteiger partial charge >= 0.3 is 0 Å². The summed E-state index contributed by atoms with van der Waals surface area (Å²) < 4.78 is 0. The molecule has 0 aromatic rings. The summed E-state index contributed by atoms with van der Waals surface area (Å²) in [5.41, 5.74) is -0.211. The van der Waals surface area contributed by atoms with E-state index in [-0.39, 0.29) is 17.2 Å². The van der Waals surface area contributed by atoms with E-state index in [1.165, 1.54) is 4.90 Å². The second-order valence-corrected chi connectivity index (χ2v) is 5.51. The molecule has 0 aromatic heterocycles. The summed E-state index contributed by atoms with van der Waals surface area (Å²) in [4.78, 5) is 24.9. The van der Waals surface area contributed by atoms with Gasteiger partial charge in [0.05, 0.1) is 6.10 Å². The SMILES string of the molecule is CC(O)CNCCN1C(=O)CC(C)(C)CC1=O. The quantitative estimate of drug-likeness (QED) is 0.531. The van der Waals surface area contributed by atoms with Crippen molar-refractivity contribution in [3.8, 4) is 0 Å². The van der Waals surface area contributed by atoms with Gasteiger partial charge in [0.1, 0.15) is 0 Å². The molecule has 5 nitrogen and oxygen atoms in total. The molecule has 0 aromatic carbocycles. The standard InChI is InChI=1S/C12H22N2O3/c1-9(15)8-13-4-5-14-10(16)6-12(2,3)7-11(14)17/h9,13,15H,4-8H2,1-3H3. The van der Waals surface area contributed by atoms with Crippen molar-refractivity contribution in [1.29, 1.82) is 0 Å². The van der Waals surface area contributed by atoms with Gasteiger partial charge < -0.3 is 10.4 Å². The lowest BCUT2D eigenvalue weighted by Crippen LogP contribution is -2.48. The van der Waals surface area contributed by atoms with E-state index in [1.807, 2.05) is 13.8 Å². The first-order valence-electron chi connectivity index (χ1n) is 6.04. The van der Waals surface area contributed by atoms with Gasteiger partial charge in [-0.15, -0.1) is 0 Å². The third kappa shape index (κ3) is 4.44. The molecule has 0 radical (unpaired) electrons. The maximum atomic E-state index is 11.8. The molecule has 0 spiro atoms. The summed E-state index contributed by atoms with van der Waals surface area (Å²) in [6.07, 6.45) is 0.436. The normalized spacial score (nSPS) is 21.8. The maximum Gasteiger partial charge on any atom is 0.229 e. The van der Waals surface area contributed by atoms with E-state index < -0.39 is 6.10 Å². The van der Waals surface area contributed by atoms with Crippen LogP contribution in [0, 0.1) is 5.41 Å². The highest BCUT2D eigenvalue weighted by Gasteiger charge is 2.36. The zero-order valence-corrected chi connectivity index (χ0v) is 10.8. The fourth-order valence-corrected chi connectivity index (χ4v) is 1.96. The molecule has 0 bridgehead atoms. The largest absolute Gasteiger partial charge is 0.392 e. The molecule has 1 heterocycles. The molecule has 2 N–H and O–H groups in total. The summed E-state index contributed by atoms with van der Waals surface area (Å²) in [5, 5.41) is 12.0. The van der Waals surface area contributed by atoms with Crippen LogP contribution < -0.4 is 5.32 Å². The highest BCUT2D eigenvalue weighted by atomic mass is 16.3. The van der Waals surface area contributed by atoms with Gasteiger partial charge in [-0.1, -0.05) is 13.8 Å². The zero-order chi connectivity index (χ0) is 13.1. The fourth-order valence-electron chi connectivity index (χ4n) is 1.96. The first-order valence-corrected chi connectivity index (χ1v) is 6.04. The number of piperidine rings is 1. The second-order valence-electron chi connectivity index (χ2n) is 5.51. The first kappa shape index (κ1) is 14.1. The molecule has 5 heteroatoms. The number of hydrogen-bond acceptors (Lipinski definition) is 4. The Morgan fingerprint density at radius 1 is 1.35 bits per heavy atom. The summed E-state index contributed by atoms with van der Waals surface area (Å²) >= 11 is 0. The maximum absolute atomic E-state index is 11.8. The number of carbonyl (C=O) groups excluding carboxylic acids is 2. The van der Waals surface area contributed by atoms with Gasteiger partial charge in [0, 0.05) is 32.5 Å². The predicted octanol–water partition coefficient (Wildman–Crippen LogP) is 0.132. The van der Waals surface area contributed by atoms with Gasteiger partial charge in [0.15, 0.2) is 0 Å². The summed E-state index contributed by atoms with van der Waals surface area (Å²) in [6, 6.07) is 0. The number of likely N-dealkylation sites (tertiary alicyclic amines) is 1. The van der Waals surface area contributed by atoms with Gasteiger partial charge in [0.2, 0.25) is 11.8 Å². The van der Waals surface area contributed by atoms with Crippen LogP contribution in [0.1, 0.15) is 33.6 Å². The average molecular weight is 242 g/mol. The molecule has 1 atom stereocenters. The minimum Gasteiger partial charge on any atom is -0.392 e. The lowest BCUT2D eigenvalue weighted by molar-refractivity contribution is -0.152. The Kier molecular flexibility index (Phi) is 4.65. The number of rotatable bonds is 5. The number of nitrogens with one attached hydrogen (secondary N) is 1. The van der Waals surface area contributed by atoms with Crippen molar-refractivity contribution in [2.45, 2.75) is 39.7 Å². The van der Waals surface area contributed by atoms with Crippen LogP contribution in [0.5, 0.6) is 0 Å². The summed E-state index contributed by atoms with van der Waals surface area (Å²) in [6.45, 7) is 6.95. The topological polar surface area (TPSA) is 69.6 Å². The Hall–Kier alpha value is -0.940. The van der Waals surface area contributed by atoms with Crippen molar-refractivity contribution in [2.75, 3.05) is 19.6 Å². The van der Waals surface area contributed by atoms with Crippen molar-refractivity contribution in [3.05, 3.63) is 0 Å². The average Bonchev–Trinajstić information content (AvgIpc) is 2.12. The van der Waals surface area contributed by atoms with Crippen molar-refractivity contribution in [2.24, 2.45) is 5.41 Å². The van der Waals surface area contributed by atoms with E-state index in [0.29, 0.717) is 32.5 Å². The van der Waals surface area contributed by atoms with Crippen LogP contribution >= 0.6 is 0 Å². The number of carbonyl (C=O) groups is 2. The van der Waals surface area contributed by atoms with Crippen LogP contribution in [0.15, 0.2) is 0 Å².